The van der Waals surface area contributed by atoms with Crippen LogP contribution in [0.15, 0.2) is 18.3 Å². The minimum atomic E-state index is 0.775. The molecule has 1 fully saturated rings. The molecule has 0 atom stereocenters. The molecule has 3 nitrogen and oxygen atoms in total. The van der Waals surface area contributed by atoms with Crippen LogP contribution >= 0.6 is 11.6 Å². The van der Waals surface area contributed by atoms with Crippen molar-refractivity contribution in [1.29, 1.82) is 0 Å². The molecule has 2 heterocycles. The number of likely N-dealkylation sites (N-methyl/N-ethyl adjacent to an activating group) is 1. The molecule has 0 amide bonds. The summed E-state index contributed by atoms with van der Waals surface area (Å²) in [6.45, 7) is 8.87. The van der Waals surface area contributed by atoms with Crippen LogP contribution in [0.1, 0.15) is 12.6 Å². The Morgan fingerprint density at radius 1 is 1.25 bits per heavy atom. The van der Waals surface area contributed by atoms with Gasteiger partial charge >= 0.3 is 0 Å². The van der Waals surface area contributed by atoms with Gasteiger partial charge in [-0.3, -0.25) is 9.88 Å². The van der Waals surface area contributed by atoms with Crippen LogP contribution in [0.3, 0.4) is 0 Å². The number of aromatic nitrogens is 1. The zero-order chi connectivity index (χ0) is 11.4. The van der Waals surface area contributed by atoms with Crippen LogP contribution in [0, 0.1) is 0 Å². The van der Waals surface area contributed by atoms with E-state index in [-0.39, 0.29) is 0 Å². The number of halogens is 1. The minimum absolute atomic E-state index is 0.775. The van der Waals surface area contributed by atoms with Gasteiger partial charge in [-0.05, 0) is 18.7 Å². The molecule has 1 aliphatic heterocycles. The van der Waals surface area contributed by atoms with E-state index >= 15 is 0 Å². The zero-order valence-corrected chi connectivity index (χ0v) is 10.5. The molecule has 0 N–H and O–H groups in total. The van der Waals surface area contributed by atoms with Crippen LogP contribution < -0.4 is 0 Å². The minimum Gasteiger partial charge on any atom is -0.301 e. The topological polar surface area (TPSA) is 19.4 Å². The van der Waals surface area contributed by atoms with E-state index in [9.17, 15) is 0 Å². The fraction of sp³-hybridized carbons (Fsp3) is 0.583. The molecule has 4 heteroatoms. The van der Waals surface area contributed by atoms with Crippen molar-refractivity contribution in [3.63, 3.8) is 0 Å². The van der Waals surface area contributed by atoms with E-state index in [4.69, 9.17) is 11.6 Å². The quantitative estimate of drug-likeness (QED) is 0.803. The van der Waals surface area contributed by atoms with E-state index < -0.39 is 0 Å². The molecule has 2 rings (SSSR count). The van der Waals surface area contributed by atoms with Crippen molar-refractivity contribution in [2.24, 2.45) is 0 Å². The lowest BCUT2D eigenvalue weighted by Crippen LogP contribution is -2.45. The van der Waals surface area contributed by atoms with Gasteiger partial charge in [0.15, 0.2) is 0 Å². The Bertz CT molecular complexity index is 335. The zero-order valence-electron chi connectivity index (χ0n) is 9.69. The van der Waals surface area contributed by atoms with E-state index in [1.54, 1.807) is 6.20 Å². The largest absolute Gasteiger partial charge is 0.301 e. The molecule has 0 aromatic carbocycles. The normalized spacial score (nSPS) is 18.9. The number of hydrogen-bond donors (Lipinski definition) is 0. The summed E-state index contributed by atoms with van der Waals surface area (Å²) in [7, 11) is 0. The van der Waals surface area contributed by atoms with Crippen molar-refractivity contribution < 1.29 is 0 Å². The molecule has 0 aliphatic carbocycles. The summed E-state index contributed by atoms with van der Waals surface area (Å²) in [5, 5.41) is 0.775. The highest BCUT2D eigenvalue weighted by atomic mass is 35.5. The molecule has 0 radical (unpaired) electrons. The monoisotopic (exact) mass is 239 g/mol. The summed E-state index contributed by atoms with van der Waals surface area (Å²) in [6, 6.07) is 3.77. The second kappa shape index (κ2) is 5.62. The molecule has 0 spiro atoms. The smallest absolute Gasteiger partial charge is 0.0558 e. The molecule has 0 bridgehead atoms. The van der Waals surface area contributed by atoms with Gasteiger partial charge in [0.05, 0.1) is 5.69 Å². The highest BCUT2D eigenvalue weighted by molar-refractivity contribution is 6.30. The van der Waals surface area contributed by atoms with Gasteiger partial charge in [0.2, 0.25) is 0 Å². The predicted octanol–water partition coefficient (Wildman–Crippen LogP) is 1.87. The first-order valence-electron chi connectivity index (χ1n) is 5.83. The lowest BCUT2D eigenvalue weighted by atomic mass is 10.2. The summed E-state index contributed by atoms with van der Waals surface area (Å²) in [5.74, 6) is 0. The first kappa shape index (κ1) is 11.8. The van der Waals surface area contributed by atoms with Crippen molar-refractivity contribution in [3.8, 4) is 0 Å². The third-order valence-electron chi connectivity index (χ3n) is 3.08. The number of hydrogen-bond acceptors (Lipinski definition) is 3. The predicted molar refractivity (Wildman–Crippen MR) is 66.6 cm³/mol. The maximum absolute atomic E-state index is 5.94. The number of nitrogens with zero attached hydrogens (tertiary/aromatic N) is 3. The van der Waals surface area contributed by atoms with E-state index in [2.05, 4.69) is 21.7 Å². The van der Waals surface area contributed by atoms with Gasteiger partial charge in [-0.25, -0.2) is 0 Å². The van der Waals surface area contributed by atoms with Gasteiger partial charge in [0, 0.05) is 43.9 Å². The first-order chi connectivity index (χ1) is 7.78. The summed E-state index contributed by atoms with van der Waals surface area (Å²) >= 11 is 5.94. The van der Waals surface area contributed by atoms with Crippen molar-refractivity contribution in [2.45, 2.75) is 13.5 Å². The fourth-order valence-corrected chi connectivity index (χ4v) is 2.21. The Morgan fingerprint density at radius 2 is 1.94 bits per heavy atom. The van der Waals surface area contributed by atoms with E-state index in [1.165, 1.54) is 0 Å². The van der Waals surface area contributed by atoms with Crippen molar-refractivity contribution in [1.82, 2.24) is 14.8 Å². The SMILES string of the molecule is CCN1CCN(Cc2cc(Cl)ccn2)CC1. The Labute approximate surface area is 102 Å². The average Bonchev–Trinajstić information content (AvgIpc) is 2.30. The van der Waals surface area contributed by atoms with Gasteiger partial charge < -0.3 is 4.90 Å². The Hall–Kier alpha value is -0.640. The fourth-order valence-electron chi connectivity index (χ4n) is 2.03. The summed E-state index contributed by atoms with van der Waals surface area (Å²) in [4.78, 5) is 9.24. The molecule has 1 saturated heterocycles. The Kier molecular flexibility index (Phi) is 4.16. The lowest BCUT2D eigenvalue weighted by molar-refractivity contribution is 0.131. The van der Waals surface area contributed by atoms with Gasteiger partial charge in [-0.1, -0.05) is 18.5 Å². The Morgan fingerprint density at radius 3 is 2.56 bits per heavy atom. The molecule has 88 valence electrons. The lowest BCUT2D eigenvalue weighted by Gasteiger charge is -2.33. The Balaban J connectivity index is 1.87. The van der Waals surface area contributed by atoms with Crippen LogP contribution in [0.25, 0.3) is 0 Å². The molecule has 0 saturated carbocycles. The molecule has 1 aliphatic rings. The third-order valence-corrected chi connectivity index (χ3v) is 3.31. The van der Waals surface area contributed by atoms with Gasteiger partial charge in [-0.2, -0.15) is 0 Å². The average molecular weight is 240 g/mol. The van der Waals surface area contributed by atoms with Crippen molar-refractivity contribution in [3.05, 3.63) is 29.0 Å². The third kappa shape index (κ3) is 3.17. The van der Waals surface area contributed by atoms with Crippen LogP contribution in [-0.2, 0) is 6.54 Å². The summed E-state index contributed by atoms with van der Waals surface area (Å²) in [5.41, 5.74) is 1.07. The molecule has 1 aromatic heterocycles. The first-order valence-corrected chi connectivity index (χ1v) is 6.21. The van der Waals surface area contributed by atoms with Crippen LogP contribution in [0.2, 0.25) is 5.02 Å². The maximum Gasteiger partial charge on any atom is 0.0558 e. The van der Waals surface area contributed by atoms with Gasteiger partial charge in [0.1, 0.15) is 0 Å². The second-order valence-electron chi connectivity index (χ2n) is 4.18. The van der Waals surface area contributed by atoms with Crippen LogP contribution in [-0.4, -0.2) is 47.5 Å². The van der Waals surface area contributed by atoms with E-state index in [0.29, 0.717) is 0 Å². The molecular weight excluding hydrogens is 222 g/mol. The molecule has 1 aromatic rings. The number of rotatable bonds is 3. The van der Waals surface area contributed by atoms with Crippen LogP contribution in [0.4, 0.5) is 0 Å². The molecular formula is C12H18ClN3. The van der Waals surface area contributed by atoms with Crippen LogP contribution in [0.5, 0.6) is 0 Å². The molecule has 16 heavy (non-hydrogen) atoms. The second-order valence-corrected chi connectivity index (χ2v) is 4.61. The van der Waals surface area contributed by atoms with Gasteiger partial charge in [-0.15, -0.1) is 0 Å². The maximum atomic E-state index is 5.94. The standard InChI is InChI=1S/C12H18ClN3/c1-2-15-5-7-16(8-6-15)10-12-9-11(13)3-4-14-12/h3-4,9H,2,5-8,10H2,1H3. The highest BCUT2D eigenvalue weighted by Gasteiger charge is 2.15. The van der Waals surface area contributed by atoms with Gasteiger partial charge in [0.25, 0.3) is 0 Å². The van der Waals surface area contributed by atoms with Crippen molar-refractivity contribution in [2.75, 3.05) is 32.7 Å². The van der Waals surface area contributed by atoms with E-state index in [1.807, 2.05) is 12.1 Å². The van der Waals surface area contributed by atoms with E-state index in [0.717, 1.165) is 50.0 Å². The number of pyridine rings is 1. The summed E-state index contributed by atoms with van der Waals surface area (Å²) < 4.78 is 0. The number of piperazine rings is 1. The summed E-state index contributed by atoms with van der Waals surface area (Å²) in [6.07, 6.45) is 1.78. The highest BCUT2D eigenvalue weighted by Crippen LogP contribution is 2.11. The van der Waals surface area contributed by atoms with Crippen molar-refractivity contribution >= 4 is 11.6 Å². The molecule has 0 unspecified atom stereocenters.